The Bertz CT molecular complexity index is 467. The quantitative estimate of drug-likeness (QED) is 0.835. The van der Waals surface area contributed by atoms with Gasteiger partial charge in [-0.3, -0.25) is 4.79 Å². The van der Waals surface area contributed by atoms with Crippen molar-refractivity contribution in [1.82, 2.24) is 5.32 Å². The molecule has 0 heterocycles. The van der Waals surface area contributed by atoms with Crippen molar-refractivity contribution in [3.8, 4) is 0 Å². The van der Waals surface area contributed by atoms with Crippen LogP contribution in [0.5, 0.6) is 0 Å². The van der Waals surface area contributed by atoms with E-state index in [4.69, 9.17) is 11.6 Å². The summed E-state index contributed by atoms with van der Waals surface area (Å²) in [6.07, 6.45) is 5.76. The van der Waals surface area contributed by atoms with Crippen LogP contribution in [0.15, 0.2) is 24.3 Å². The standard InChI is InChI=1S/C15H18ClNO/c16-10-14(18)17-15(8-9-15)13-7-3-5-11-4-1-2-6-12(11)13/h1-2,4,6,13H,3,5,7-10H2,(H,17,18). The zero-order valence-corrected chi connectivity index (χ0v) is 11.2. The molecule has 0 radical (unpaired) electrons. The van der Waals surface area contributed by atoms with E-state index in [0.29, 0.717) is 5.92 Å². The average Bonchev–Trinajstić information content (AvgIpc) is 3.18. The fourth-order valence-electron chi connectivity index (χ4n) is 3.33. The van der Waals surface area contributed by atoms with Crippen LogP contribution >= 0.6 is 11.6 Å². The summed E-state index contributed by atoms with van der Waals surface area (Å²) in [5.41, 5.74) is 2.90. The SMILES string of the molecule is O=C(CCl)NC1(C2CCCc3ccccc32)CC1. The summed E-state index contributed by atoms with van der Waals surface area (Å²) in [6, 6.07) is 8.67. The molecule has 0 aliphatic heterocycles. The van der Waals surface area contributed by atoms with Gasteiger partial charge in [0.2, 0.25) is 5.91 Å². The number of halogens is 1. The second-order valence-electron chi connectivity index (χ2n) is 5.48. The molecule has 0 saturated heterocycles. The molecule has 1 atom stereocenters. The lowest BCUT2D eigenvalue weighted by Crippen LogP contribution is -2.43. The summed E-state index contributed by atoms with van der Waals surface area (Å²) in [5.74, 6) is 0.516. The largest absolute Gasteiger partial charge is 0.349 e. The van der Waals surface area contributed by atoms with Crippen LogP contribution < -0.4 is 5.32 Å². The lowest BCUT2D eigenvalue weighted by atomic mass is 9.77. The number of aryl methyl sites for hydroxylation is 1. The lowest BCUT2D eigenvalue weighted by molar-refractivity contribution is -0.119. The molecule has 0 bridgehead atoms. The van der Waals surface area contributed by atoms with Crippen molar-refractivity contribution in [3.05, 3.63) is 35.4 Å². The highest BCUT2D eigenvalue weighted by Crippen LogP contribution is 2.51. The number of carbonyl (C=O) groups excluding carboxylic acids is 1. The monoisotopic (exact) mass is 263 g/mol. The zero-order chi connectivity index (χ0) is 12.6. The molecule has 1 fully saturated rings. The van der Waals surface area contributed by atoms with Crippen molar-refractivity contribution in [2.75, 3.05) is 5.88 Å². The third kappa shape index (κ3) is 2.03. The first-order chi connectivity index (χ1) is 8.75. The minimum Gasteiger partial charge on any atom is -0.349 e. The minimum absolute atomic E-state index is 0.00248. The number of rotatable bonds is 3. The van der Waals surface area contributed by atoms with Crippen LogP contribution in [0.1, 0.15) is 42.7 Å². The van der Waals surface area contributed by atoms with Crippen LogP contribution in [0, 0.1) is 0 Å². The van der Waals surface area contributed by atoms with Gasteiger partial charge in [-0.15, -0.1) is 11.6 Å². The molecule has 0 spiro atoms. The van der Waals surface area contributed by atoms with Crippen LogP contribution in [0.25, 0.3) is 0 Å². The number of hydrogen-bond donors (Lipinski definition) is 1. The summed E-state index contributed by atoms with van der Waals surface area (Å²) in [6.45, 7) is 0. The van der Waals surface area contributed by atoms with E-state index in [1.807, 2.05) is 0 Å². The molecule has 2 aliphatic rings. The number of alkyl halides is 1. The van der Waals surface area contributed by atoms with E-state index >= 15 is 0 Å². The number of benzene rings is 1. The molecule has 1 saturated carbocycles. The Morgan fingerprint density at radius 2 is 2.17 bits per heavy atom. The van der Waals surface area contributed by atoms with Crippen molar-refractivity contribution in [2.24, 2.45) is 0 Å². The molecule has 18 heavy (non-hydrogen) atoms. The van der Waals surface area contributed by atoms with Crippen LogP contribution in [-0.2, 0) is 11.2 Å². The highest BCUT2D eigenvalue weighted by Gasteiger charge is 2.51. The third-order valence-corrected chi connectivity index (χ3v) is 4.58. The molecule has 1 aromatic carbocycles. The number of carbonyl (C=O) groups is 1. The van der Waals surface area contributed by atoms with Gasteiger partial charge >= 0.3 is 0 Å². The Morgan fingerprint density at radius 3 is 2.89 bits per heavy atom. The van der Waals surface area contributed by atoms with Gasteiger partial charge in [0.05, 0.1) is 0 Å². The molecule has 1 unspecified atom stereocenters. The van der Waals surface area contributed by atoms with Gasteiger partial charge in [-0.1, -0.05) is 24.3 Å². The first kappa shape index (κ1) is 12.0. The van der Waals surface area contributed by atoms with Crippen LogP contribution in [0.3, 0.4) is 0 Å². The van der Waals surface area contributed by atoms with Crippen molar-refractivity contribution >= 4 is 17.5 Å². The Balaban J connectivity index is 1.87. The maximum Gasteiger partial charge on any atom is 0.235 e. The highest BCUT2D eigenvalue weighted by molar-refractivity contribution is 6.27. The van der Waals surface area contributed by atoms with E-state index in [-0.39, 0.29) is 17.3 Å². The molecule has 1 N–H and O–H groups in total. The summed E-state index contributed by atoms with van der Waals surface area (Å²) in [5, 5.41) is 3.16. The van der Waals surface area contributed by atoms with E-state index < -0.39 is 0 Å². The number of amides is 1. The summed E-state index contributed by atoms with van der Waals surface area (Å²) >= 11 is 5.61. The number of hydrogen-bond acceptors (Lipinski definition) is 1. The molecule has 1 aromatic rings. The van der Waals surface area contributed by atoms with Crippen molar-refractivity contribution in [1.29, 1.82) is 0 Å². The van der Waals surface area contributed by atoms with Crippen molar-refractivity contribution < 1.29 is 4.79 Å². The Kier molecular flexibility index (Phi) is 3.06. The summed E-state index contributed by atoms with van der Waals surface area (Å²) < 4.78 is 0. The van der Waals surface area contributed by atoms with Gasteiger partial charge in [0.25, 0.3) is 0 Å². The van der Waals surface area contributed by atoms with Gasteiger partial charge < -0.3 is 5.32 Å². The van der Waals surface area contributed by atoms with Gasteiger partial charge in [-0.2, -0.15) is 0 Å². The number of fused-ring (bicyclic) bond motifs is 1. The Hall–Kier alpha value is -1.02. The lowest BCUT2D eigenvalue weighted by Gasteiger charge is -2.33. The smallest absolute Gasteiger partial charge is 0.235 e. The summed E-state index contributed by atoms with van der Waals surface area (Å²) in [7, 11) is 0. The van der Waals surface area contributed by atoms with E-state index in [1.54, 1.807) is 0 Å². The second kappa shape index (κ2) is 4.58. The highest BCUT2D eigenvalue weighted by atomic mass is 35.5. The maximum atomic E-state index is 11.6. The molecule has 2 nitrogen and oxygen atoms in total. The fourth-order valence-corrected chi connectivity index (χ4v) is 3.40. The Labute approximate surface area is 113 Å². The predicted molar refractivity (Wildman–Crippen MR) is 72.9 cm³/mol. The first-order valence-electron chi connectivity index (χ1n) is 6.70. The van der Waals surface area contributed by atoms with E-state index in [2.05, 4.69) is 29.6 Å². The molecular formula is C15H18ClNO. The van der Waals surface area contributed by atoms with Gasteiger partial charge in [0.1, 0.15) is 5.88 Å². The van der Waals surface area contributed by atoms with Crippen LogP contribution in [0.4, 0.5) is 0 Å². The Morgan fingerprint density at radius 1 is 1.39 bits per heavy atom. The van der Waals surface area contributed by atoms with Crippen LogP contribution in [-0.4, -0.2) is 17.3 Å². The molecule has 2 aliphatic carbocycles. The first-order valence-corrected chi connectivity index (χ1v) is 7.23. The normalized spacial score (nSPS) is 24.2. The maximum absolute atomic E-state index is 11.6. The molecule has 1 amide bonds. The van der Waals surface area contributed by atoms with E-state index in [0.717, 1.165) is 12.8 Å². The molecule has 3 heteroatoms. The van der Waals surface area contributed by atoms with Crippen molar-refractivity contribution in [3.63, 3.8) is 0 Å². The fraction of sp³-hybridized carbons (Fsp3) is 0.533. The topological polar surface area (TPSA) is 29.1 Å². The zero-order valence-electron chi connectivity index (χ0n) is 10.4. The molecule has 0 aromatic heterocycles. The van der Waals surface area contributed by atoms with Crippen molar-refractivity contribution in [2.45, 2.75) is 43.6 Å². The van der Waals surface area contributed by atoms with Crippen LogP contribution in [0.2, 0.25) is 0 Å². The minimum atomic E-state index is -0.0304. The summed E-state index contributed by atoms with van der Waals surface area (Å²) in [4.78, 5) is 11.6. The second-order valence-corrected chi connectivity index (χ2v) is 5.75. The predicted octanol–water partition coefficient (Wildman–Crippen LogP) is 2.99. The molecular weight excluding hydrogens is 246 g/mol. The van der Waals surface area contributed by atoms with E-state index in [9.17, 15) is 4.79 Å². The molecule has 3 rings (SSSR count). The van der Waals surface area contributed by atoms with Gasteiger partial charge in [0, 0.05) is 11.5 Å². The van der Waals surface area contributed by atoms with Gasteiger partial charge in [-0.05, 0) is 43.2 Å². The van der Waals surface area contributed by atoms with E-state index in [1.165, 1.54) is 30.4 Å². The van der Waals surface area contributed by atoms with Gasteiger partial charge in [-0.25, -0.2) is 0 Å². The third-order valence-electron chi connectivity index (χ3n) is 4.33. The molecule has 96 valence electrons. The number of nitrogens with one attached hydrogen (secondary N) is 1. The van der Waals surface area contributed by atoms with Gasteiger partial charge in [0.15, 0.2) is 0 Å². The average molecular weight is 264 g/mol.